The average molecular weight is 291 g/mol. The van der Waals surface area contributed by atoms with Crippen LogP contribution in [0.2, 0.25) is 0 Å². The van der Waals surface area contributed by atoms with Gasteiger partial charge in [0.1, 0.15) is 5.82 Å². The van der Waals surface area contributed by atoms with Crippen molar-refractivity contribution in [2.24, 2.45) is 0 Å². The van der Waals surface area contributed by atoms with Gasteiger partial charge in [0.2, 0.25) is 0 Å². The summed E-state index contributed by atoms with van der Waals surface area (Å²) in [5.41, 5.74) is -2.49. The highest BCUT2D eigenvalue weighted by molar-refractivity contribution is 6.03. The van der Waals surface area contributed by atoms with Crippen molar-refractivity contribution in [3.63, 3.8) is 0 Å². The molecule has 1 unspecified atom stereocenters. The molecule has 0 saturated heterocycles. The Morgan fingerprint density at radius 1 is 1.25 bits per heavy atom. The van der Waals surface area contributed by atoms with E-state index >= 15 is 0 Å². The first-order valence-electron chi connectivity index (χ1n) is 6.13. The Morgan fingerprint density at radius 2 is 1.80 bits per heavy atom. The van der Waals surface area contributed by atoms with Crippen molar-refractivity contribution in [1.82, 2.24) is 4.90 Å². The molecule has 0 aliphatic rings. The molecule has 0 amide bonds. The Bertz CT molecular complexity index is 510. The molecule has 1 atom stereocenters. The summed E-state index contributed by atoms with van der Waals surface area (Å²) in [6.45, 7) is 3.41. The molecule has 0 aliphatic heterocycles. The number of hydrogen-bond acceptors (Lipinski definition) is 2. The number of carbonyl (C=O) groups is 1. The van der Waals surface area contributed by atoms with Crippen LogP contribution in [-0.2, 0) is 6.18 Å². The van der Waals surface area contributed by atoms with Crippen molar-refractivity contribution in [1.29, 1.82) is 0 Å². The van der Waals surface area contributed by atoms with Crippen molar-refractivity contribution in [3.05, 3.63) is 35.1 Å². The highest BCUT2D eigenvalue weighted by Crippen LogP contribution is 2.33. The molecule has 0 heterocycles. The first-order chi connectivity index (χ1) is 9.04. The lowest BCUT2D eigenvalue weighted by atomic mass is 9.87. The number of halogens is 4. The van der Waals surface area contributed by atoms with Gasteiger partial charge in [0.15, 0.2) is 5.78 Å². The molecule has 1 aromatic rings. The van der Waals surface area contributed by atoms with Gasteiger partial charge in [-0.05, 0) is 45.6 Å². The number of likely N-dealkylation sites (N-methyl/N-ethyl adjacent to an activating group) is 1. The minimum atomic E-state index is -4.82. The summed E-state index contributed by atoms with van der Waals surface area (Å²) < 4.78 is 51.2. The summed E-state index contributed by atoms with van der Waals surface area (Å²) >= 11 is 0. The molecule has 0 bridgehead atoms. The van der Waals surface area contributed by atoms with Crippen molar-refractivity contribution >= 4 is 5.78 Å². The number of nitrogens with zero attached hydrogens (tertiary/aromatic N) is 1. The van der Waals surface area contributed by atoms with Crippen molar-refractivity contribution in [2.75, 3.05) is 14.1 Å². The van der Waals surface area contributed by atoms with E-state index in [4.69, 9.17) is 0 Å². The van der Waals surface area contributed by atoms with E-state index in [1.54, 1.807) is 32.8 Å². The lowest BCUT2D eigenvalue weighted by Gasteiger charge is -2.34. The summed E-state index contributed by atoms with van der Waals surface area (Å²) in [6.07, 6.45) is -4.39. The molecule has 6 heteroatoms. The van der Waals surface area contributed by atoms with Gasteiger partial charge in [0.25, 0.3) is 0 Å². The topological polar surface area (TPSA) is 20.3 Å². The maximum Gasteiger partial charge on any atom is 0.419 e. The molecule has 1 rings (SSSR count). The first kappa shape index (κ1) is 16.6. The fraction of sp³-hybridized carbons (Fsp3) is 0.500. The van der Waals surface area contributed by atoms with Crippen LogP contribution in [0.15, 0.2) is 18.2 Å². The van der Waals surface area contributed by atoms with Gasteiger partial charge in [-0.3, -0.25) is 9.69 Å². The standard InChI is InChI=1S/C14H17F4NO/c1-5-13(2,19(3)4)12(20)9-6-7-11(15)10(8-9)14(16,17)18/h6-8H,5H2,1-4H3. The van der Waals surface area contributed by atoms with Crippen LogP contribution in [0.4, 0.5) is 17.6 Å². The summed E-state index contributed by atoms with van der Waals surface area (Å²) in [5.74, 6) is -1.84. The second-order valence-electron chi connectivity index (χ2n) is 5.04. The molecule has 0 fully saturated rings. The van der Waals surface area contributed by atoms with E-state index in [0.29, 0.717) is 18.6 Å². The van der Waals surface area contributed by atoms with Gasteiger partial charge in [-0.25, -0.2) is 4.39 Å². The molecule has 0 spiro atoms. The zero-order chi connectivity index (χ0) is 15.7. The number of ketones is 1. The van der Waals surface area contributed by atoms with Gasteiger partial charge in [-0.15, -0.1) is 0 Å². The van der Waals surface area contributed by atoms with Crippen LogP contribution in [0.3, 0.4) is 0 Å². The molecule has 112 valence electrons. The zero-order valence-electron chi connectivity index (χ0n) is 11.8. The molecule has 1 aromatic carbocycles. The quantitative estimate of drug-likeness (QED) is 0.622. The monoisotopic (exact) mass is 291 g/mol. The van der Waals surface area contributed by atoms with E-state index in [1.165, 1.54) is 0 Å². The van der Waals surface area contributed by atoms with Crippen molar-refractivity contribution < 1.29 is 22.4 Å². The molecule has 0 N–H and O–H groups in total. The predicted molar refractivity (Wildman–Crippen MR) is 68.1 cm³/mol. The molecular formula is C14H17F4NO. The molecule has 0 aliphatic carbocycles. The van der Waals surface area contributed by atoms with Gasteiger partial charge >= 0.3 is 6.18 Å². The Hall–Kier alpha value is -1.43. The molecule has 20 heavy (non-hydrogen) atoms. The molecule has 0 saturated carbocycles. The van der Waals surface area contributed by atoms with Crippen LogP contribution in [0.5, 0.6) is 0 Å². The largest absolute Gasteiger partial charge is 0.419 e. The highest BCUT2D eigenvalue weighted by Gasteiger charge is 2.38. The van der Waals surface area contributed by atoms with E-state index in [2.05, 4.69) is 0 Å². The average Bonchev–Trinajstić information content (AvgIpc) is 2.35. The second kappa shape index (κ2) is 5.52. The first-order valence-corrected chi connectivity index (χ1v) is 6.13. The number of carbonyl (C=O) groups excluding carboxylic acids is 1. The number of Topliss-reactive ketones (excluding diaryl/α,β-unsaturated/α-hetero) is 1. The van der Waals surface area contributed by atoms with E-state index in [9.17, 15) is 22.4 Å². The SMILES string of the molecule is CCC(C)(C(=O)c1ccc(F)c(C(F)(F)F)c1)N(C)C. The lowest BCUT2D eigenvalue weighted by molar-refractivity contribution is -0.140. The van der Waals surface area contributed by atoms with Gasteiger partial charge in [0.05, 0.1) is 11.1 Å². The Balaban J connectivity index is 3.32. The molecule has 0 radical (unpaired) electrons. The fourth-order valence-corrected chi connectivity index (χ4v) is 1.87. The normalized spacial score (nSPS) is 15.2. The Morgan fingerprint density at radius 3 is 2.20 bits per heavy atom. The van der Waals surface area contributed by atoms with Gasteiger partial charge in [-0.2, -0.15) is 13.2 Å². The fourth-order valence-electron chi connectivity index (χ4n) is 1.87. The van der Waals surface area contributed by atoms with Crippen LogP contribution < -0.4 is 0 Å². The van der Waals surface area contributed by atoms with Crippen LogP contribution in [0, 0.1) is 5.82 Å². The summed E-state index contributed by atoms with van der Waals surface area (Å²) in [7, 11) is 3.35. The lowest BCUT2D eigenvalue weighted by Crippen LogP contribution is -2.48. The van der Waals surface area contributed by atoms with Crippen molar-refractivity contribution in [3.8, 4) is 0 Å². The zero-order valence-corrected chi connectivity index (χ0v) is 11.8. The minimum absolute atomic E-state index is 0.142. The van der Waals surface area contributed by atoms with E-state index in [0.717, 1.165) is 6.07 Å². The van der Waals surface area contributed by atoms with Crippen LogP contribution in [0.25, 0.3) is 0 Å². The summed E-state index contributed by atoms with van der Waals surface area (Å²) in [5, 5.41) is 0. The number of hydrogen-bond donors (Lipinski definition) is 0. The predicted octanol–water partition coefficient (Wildman–Crippen LogP) is 3.76. The minimum Gasteiger partial charge on any atom is -0.297 e. The van der Waals surface area contributed by atoms with Crippen LogP contribution >= 0.6 is 0 Å². The Kier molecular flexibility index (Phi) is 4.59. The number of rotatable bonds is 4. The molecule has 0 aromatic heterocycles. The van der Waals surface area contributed by atoms with Gasteiger partial charge in [-0.1, -0.05) is 6.92 Å². The maximum atomic E-state index is 13.2. The second-order valence-corrected chi connectivity index (χ2v) is 5.04. The van der Waals surface area contributed by atoms with Gasteiger partial charge in [0, 0.05) is 5.56 Å². The number of alkyl halides is 3. The maximum absolute atomic E-state index is 13.2. The van der Waals surface area contributed by atoms with Crippen LogP contribution in [0.1, 0.15) is 36.2 Å². The summed E-state index contributed by atoms with van der Waals surface area (Å²) in [6, 6.07) is 2.35. The van der Waals surface area contributed by atoms with E-state index in [-0.39, 0.29) is 5.56 Å². The van der Waals surface area contributed by atoms with Crippen molar-refractivity contribution in [2.45, 2.75) is 32.0 Å². The third kappa shape index (κ3) is 3.00. The third-order valence-electron chi connectivity index (χ3n) is 3.70. The summed E-state index contributed by atoms with van der Waals surface area (Å²) in [4.78, 5) is 14.0. The molecule has 2 nitrogen and oxygen atoms in total. The molecular weight excluding hydrogens is 274 g/mol. The van der Waals surface area contributed by atoms with Gasteiger partial charge < -0.3 is 0 Å². The number of benzene rings is 1. The van der Waals surface area contributed by atoms with E-state index in [1.807, 2.05) is 0 Å². The van der Waals surface area contributed by atoms with Crippen LogP contribution in [-0.4, -0.2) is 30.3 Å². The third-order valence-corrected chi connectivity index (χ3v) is 3.70. The Labute approximate surface area is 115 Å². The van der Waals surface area contributed by atoms with E-state index < -0.39 is 28.9 Å². The smallest absolute Gasteiger partial charge is 0.297 e. The highest BCUT2D eigenvalue weighted by atomic mass is 19.4.